The van der Waals surface area contributed by atoms with Crippen LogP contribution in [0, 0.1) is 0 Å². The molecule has 1 saturated heterocycles. The molecule has 1 aliphatic rings. The molecular weight excluding hydrogens is 228 g/mol. The van der Waals surface area contributed by atoms with E-state index in [9.17, 15) is 0 Å². The van der Waals surface area contributed by atoms with Crippen LogP contribution in [0.2, 0.25) is 0 Å². The molecule has 0 saturated carbocycles. The standard InChI is InChI=1S/C12H18N6/c1-2-13-12-15-10-9(8-14-17-10)11(16-12)18-6-4-3-5-7-18/h8H,2-7H2,1H3,(H2,13,14,15,16,17). The zero-order valence-corrected chi connectivity index (χ0v) is 10.6. The molecule has 18 heavy (non-hydrogen) atoms. The first kappa shape index (κ1) is 11.3. The number of nitrogens with one attached hydrogen (secondary N) is 2. The van der Waals surface area contributed by atoms with Crippen molar-refractivity contribution < 1.29 is 0 Å². The summed E-state index contributed by atoms with van der Waals surface area (Å²) in [4.78, 5) is 11.4. The van der Waals surface area contributed by atoms with Gasteiger partial charge in [0.15, 0.2) is 5.65 Å². The van der Waals surface area contributed by atoms with Gasteiger partial charge in [0.05, 0.1) is 11.6 Å². The molecule has 6 heteroatoms. The molecule has 0 radical (unpaired) electrons. The number of hydrogen-bond donors (Lipinski definition) is 2. The monoisotopic (exact) mass is 246 g/mol. The summed E-state index contributed by atoms with van der Waals surface area (Å²) in [5.41, 5.74) is 0.807. The Morgan fingerprint density at radius 3 is 2.89 bits per heavy atom. The number of nitrogens with zero attached hydrogens (tertiary/aromatic N) is 4. The largest absolute Gasteiger partial charge is 0.356 e. The zero-order chi connectivity index (χ0) is 12.4. The molecule has 0 spiro atoms. The molecule has 3 rings (SSSR count). The first-order chi connectivity index (χ1) is 8.88. The molecule has 2 aromatic heterocycles. The number of anilines is 2. The van der Waals surface area contributed by atoms with Crippen LogP contribution in [-0.2, 0) is 0 Å². The van der Waals surface area contributed by atoms with E-state index in [0.717, 1.165) is 36.5 Å². The van der Waals surface area contributed by atoms with E-state index in [-0.39, 0.29) is 0 Å². The summed E-state index contributed by atoms with van der Waals surface area (Å²) < 4.78 is 0. The molecule has 96 valence electrons. The molecule has 0 aliphatic carbocycles. The normalized spacial score (nSPS) is 16.2. The van der Waals surface area contributed by atoms with Crippen LogP contribution in [0.25, 0.3) is 11.0 Å². The first-order valence-corrected chi connectivity index (χ1v) is 6.58. The maximum atomic E-state index is 4.63. The first-order valence-electron chi connectivity index (χ1n) is 6.58. The predicted octanol–water partition coefficient (Wildman–Crippen LogP) is 1.77. The average Bonchev–Trinajstić information content (AvgIpc) is 2.87. The maximum absolute atomic E-state index is 4.63. The Balaban J connectivity index is 2.03. The fraction of sp³-hybridized carbons (Fsp3) is 0.583. The summed E-state index contributed by atoms with van der Waals surface area (Å²) in [6, 6.07) is 0. The van der Waals surface area contributed by atoms with Crippen LogP contribution in [0.3, 0.4) is 0 Å². The van der Waals surface area contributed by atoms with Gasteiger partial charge in [0.1, 0.15) is 5.82 Å². The van der Waals surface area contributed by atoms with Crippen molar-refractivity contribution in [3.63, 3.8) is 0 Å². The third-order valence-electron chi connectivity index (χ3n) is 3.28. The van der Waals surface area contributed by atoms with Crippen molar-refractivity contribution in [3.05, 3.63) is 6.20 Å². The van der Waals surface area contributed by atoms with Gasteiger partial charge in [-0.05, 0) is 26.2 Å². The fourth-order valence-corrected chi connectivity index (χ4v) is 2.40. The van der Waals surface area contributed by atoms with Gasteiger partial charge in [0.2, 0.25) is 5.95 Å². The minimum atomic E-state index is 0.676. The zero-order valence-electron chi connectivity index (χ0n) is 10.6. The highest BCUT2D eigenvalue weighted by Gasteiger charge is 2.17. The third kappa shape index (κ3) is 1.98. The number of H-pyrrole nitrogens is 1. The predicted molar refractivity (Wildman–Crippen MR) is 71.9 cm³/mol. The van der Waals surface area contributed by atoms with E-state index in [4.69, 9.17) is 0 Å². The summed E-state index contributed by atoms with van der Waals surface area (Å²) in [6.07, 6.45) is 5.60. The van der Waals surface area contributed by atoms with Gasteiger partial charge in [0.25, 0.3) is 0 Å². The quantitative estimate of drug-likeness (QED) is 0.863. The van der Waals surface area contributed by atoms with Crippen molar-refractivity contribution >= 4 is 22.8 Å². The lowest BCUT2D eigenvalue weighted by molar-refractivity contribution is 0.575. The van der Waals surface area contributed by atoms with Gasteiger partial charge >= 0.3 is 0 Å². The molecule has 2 aromatic rings. The highest BCUT2D eigenvalue weighted by Crippen LogP contribution is 2.26. The van der Waals surface area contributed by atoms with Gasteiger partial charge < -0.3 is 10.2 Å². The lowest BCUT2D eigenvalue weighted by Gasteiger charge is -2.28. The Bertz CT molecular complexity index is 528. The minimum absolute atomic E-state index is 0.676. The van der Waals surface area contributed by atoms with Crippen LogP contribution >= 0.6 is 0 Å². The Kier molecular flexibility index (Phi) is 3.00. The van der Waals surface area contributed by atoms with Crippen LogP contribution in [0.1, 0.15) is 26.2 Å². The fourth-order valence-electron chi connectivity index (χ4n) is 2.40. The van der Waals surface area contributed by atoms with E-state index >= 15 is 0 Å². The minimum Gasteiger partial charge on any atom is -0.356 e. The van der Waals surface area contributed by atoms with E-state index < -0.39 is 0 Å². The van der Waals surface area contributed by atoms with Crippen molar-refractivity contribution in [2.75, 3.05) is 29.9 Å². The summed E-state index contributed by atoms with van der Waals surface area (Å²) in [6.45, 7) is 5.01. The average molecular weight is 246 g/mol. The Labute approximate surface area is 106 Å². The second kappa shape index (κ2) is 4.80. The van der Waals surface area contributed by atoms with Gasteiger partial charge in [-0.2, -0.15) is 15.1 Å². The highest BCUT2D eigenvalue weighted by atomic mass is 15.3. The van der Waals surface area contributed by atoms with Crippen LogP contribution in [-0.4, -0.2) is 39.8 Å². The van der Waals surface area contributed by atoms with Crippen molar-refractivity contribution in [2.24, 2.45) is 0 Å². The molecule has 0 amide bonds. The van der Waals surface area contributed by atoms with Gasteiger partial charge in [-0.15, -0.1) is 0 Å². The Morgan fingerprint density at radius 2 is 2.11 bits per heavy atom. The molecule has 0 atom stereocenters. The van der Waals surface area contributed by atoms with E-state index in [2.05, 4.69) is 30.4 Å². The number of piperidine rings is 1. The second-order valence-corrected chi connectivity index (χ2v) is 4.58. The summed E-state index contributed by atoms with van der Waals surface area (Å²) in [5, 5.41) is 11.2. The molecule has 1 fully saturated rings. The van der Waals surface area contributed by atoms with E-state index in [1.165, 1.54) is 19.3 Å². The van der Waals surface area contributed by atoms with Crippen LogP contribution in [0.4, 0.5) is 11.8 Å². The van der Waals surface area contributed by atoms with Crippen LogP contribution < -0.4 is 10.2 Å². The van der Waals surface area contributed by atoms with Crippen molar-refractivity contribution in [1.82, 2.24) is 20.2 Å². The number of fused-ring (bicyclic) bond motifs is 1. The molecule has 0 aromatic carbocycles. The third-order valence-corrected chi connectivity index (χ3v) is 3.28. The van der Waals surface area contributed by atoms with E-state index in [1.807, 2.05) is 13.1 Å². The van der Waals surface area contributed by atoms with Crippen molar-refractivity contribution in [2.45, 2.75) is 26.2 Å². The summed E-state index contributed by atoms with van der Waals surface area (Å²) in [5.74, 6) is 1.68. The smallest absolute Gasteiger partial charge is 0.226 e. The summed E-state index contributed by atoms with van der Waals surface area (Å²) >= 11 is 0. The number of rotatable bonds is 3. The molecule has 0 unspecified atom stereocenters. The van der Waals surface area contributed by atoms with Gasteiger partial charge in [-0.25, -0.2) is 0 Å². The van der Waals surface area contributed by atoms with Crippen LogP contribution in [0.5, 0.6) is 0 Å². The Hall–Kier alpha value is -1.85. The molecule has 6 nitrogen and oxygen atoms in total. The number of aromatic nitrogens is 4. The second-order valence-electron chi connectivity index (χ2n) is 4.58. The maximum Gasteiger partial charge on any atom is 0.226 e. The highest BCUT2D eigenvalue weighted by molar-refractivity contribution is 5.87. The SMILES string of the molecule is CCNc1nc(N2CCCCC2)c2cn[nH]c2n1. The number of aromatic amines is 1. The molecule has 1 aliphatic heterocycles. The van der Waals surface area contributed by atoms with Gasteiger partial charge in [-0.1, -0.05) is 0 Å². The van der Waals surface area contributed by atoms with Gasteiger partial charge in [0, 0.05) is 19.6 Å². The molecular formula is C12H18N6. The number of hydrogen-bond acceptors (Lipinski definition) is 5. The van der Waals surface area contributed by atoms with Crippen LogP contribution in [0.15, 0.2) is 6.20 Å². The van der Waals surface area contributed by atoms with Crippen molar-refractivity contribution in [3.8, 4) is 0 Å². The van der Waals surface area contributed by atoms with Crippen molar-refractivity contribution in [1.29, 1.82) is 0 Å². The Morgan fingerprint density at radius 1 is 1.28 bits per heavy atom. The molecule has 2 N–H and O–H groups in total. The molecule has 3 heterocycles. The lowest BCUT2D eigenvalue weighted by atomic mass is 10.1. The molecule has 0 bridgehead atoms. The van der Waals surface area contributed by atoms with Gasteiger partial charge in [-0.3, -0.25) is 5.10 Å². The van der Waals surface area contributed by atoms with E-state index in [1.54, 1.807) is 0 Å². The lowest BCUT2D eigenvalue weighted by Crippen LogP contribution is -2.30. The van der Waals surface area contributed by atoms with E-state index in [0.29, 0.717) is 5.95 Å². The summed E-state index contributed by atoms with van der Waals surface area (Å²) in [7, 11) is 0. The topological polar surface area (TPSA) is 69.7 Å².